The van der Waals surface area contributed by atoms with Gasteiger partial charge >= 0.3 is 0 Å². The molecule has 0 aliphatic carbocycles. The molecule has 0 bridgehead atoms. The molecule has 0 fully saturated rings. The SMILES string of the molecule is C=C(/C=C\c1cc2ccccc2o1)c1ccc(-n2c3ccccc3c3cc(-c4ccc5c(c4)c4ccccc4n5-c4ccccc4)ccc32)cc1. The van der Waals surface area contributed by atoms with E-state index in [1.807, 2.05) is 30.4 Å². The van der Waals surface area contributed by atoms with E-state index in [4.69, 9.17) is 4.42 Å². The Morgan fingerprint density at radius 3 is 1.63 bits per heavy atom. The molecule has 0 N–H and O–H groups in total. The van der Waals surface area contributed by atoms with Crippen LogP contribution < -0.4 is 0 Å². The van der Waals surface area contributed by atoms with Crippen molar-refractivity contribution in [2.24, 2.45) is 0 Å². The van der Waals surface area contributed by atoms with Crippen molar-refractivity contribution >= 4 is 66.2 Å². The van der Waals surface area contributed by atoms with Gasteiger partial charge in [-0.25, -0.2) is 0 Å². The first-order valence-electron chi connectivity index (χ1n) is 17.3. The molecule has 3 heterocycles. The van der Waals surface area contributed by atoms with E-state index in [-0.39, 0.29) is 0 Å². The largest absolute Gasteiger partial charge is 0.457 e. The Hall–Kier alpha value is -6.84. The number of hydrogen-bond donors (Lipinski definition) is 0. The van der Waals surface area contributed by atoms with E-state index in [0.717, 1.165) is 33.6 Å². The molecule has 240 valence electrons. The van der Waals surface area contributed by atoms with Gasteiger partial charge in [-0.05, 0) is 101 Å². The van der Waals surface area contributed by atoms with Gasteiger partial charge in [0.15, 0.2) is 0 Å². The van der Waals surface area contributed by atoms with Gasteiger partial charge in [-0.3, -0.25) is 0 Å². The summed E-state index contributed by atoms with van der Waals surface area (Å²) < 4.78 is 10.7. The third kappa shape index (κ3) is 4.82. The molecule has 0 spiro atoms. The molecular formula is C48H32N2O. The second-order valence-corrected chi connectivity index (χ2v) is 13.1. The van der Waals surface area contributed by atoms with Gasteiger partial charge in [-0.2, -0.15) is 0 Å². The molecule has 10 aromatic rings. The maximum atomic E-state index is 5.96. The summed E-state index contributed by atoms with van der Waals surface area (Å²) in [5, 5.41) is 6.07. The summed E-state index contributed by atoms with van der Waals surface area (Å²) in [4.78, 5) is 0. The predicted octanol–water partition coefficient (Wildman–Crippen LogP) is 13.0. The lowest BCUT2D eigenvalue weighted by Crippen LogP contribution is -1.94. The van der Waals surface area contributed by atoms with Crippen LogP contribution in [0.1, 0.15) is 11.3 Å². The van der Waals surface area contributed by atoms with Gasteiger partial charge in [0.05, 0.1) is 22.1 Å². The summed E-state index contributed by atoms with van der Waals surface area (Å²) in [6.45, 7) is 4.34. The summed E-state index contributed by atoms with van der Waals surface area (Å²) in [6.07, 6.45) is 4.01. The minimum atomic E-state index is 0.817. The number of nitrogens with zero attached hydrogens (tertiary/aromatic N) is 2. The topological polar surface area (TPSA) is 23.0 Å². The van der Waals surface area contributed by atoms with E-state index < -0.39 is 0 Å². The zero-order chi connectivity index (χ0) is 33.9. The standard InChI is InChI=1S/C48H32N2O/c1-32(19-26-39-29-36-11-5-10-18-48(36)51-39)33-20-24-38(25-21-33)50-45-17-9-7-15-41(45)43-31-35(23-28-47(43)50)34-22-27-46-42(30-34)40-14-6-8-16-44(40)49(46)37-12-3-2-4-13-37/h2-31H,1H2/b26-19-. The molecule has 3 aromatic heterocycles. The Balaban J connectivity index is 1.02. The number of hydrogen-bond acceptors (Lipinski definition) is 1. The van der Waals surface area contributed by atoms with E-state index in [2.05, 4.69) is 167 Å². The first-order chi connectivity index (χ1) is 25.2. The molecule has 0 radical (unpaired) electrons. The van der Waals surface area contributed by atoms with Crippen molar-refractivity contribution in [2.45, 2.75) is 0 Å². The van der Waals surface area contributed by atoms with Crippen molar-refractivity contribution in [3.05, 3.63) is 194 Å². The molecule has 0 unspecified atom stereocenters. The first-order valence-corrected chi connectivity index (χ1v) is 17.3. The Labute approximate surface area is 295 Å². The lowest BCUT2D eigenvalue weighted by Gasteiger charge is -2.10. The number of para-hydroxylation sites is 4. The van der Waals surface area contributed by atoms with Gasteiger partial charge in [0.25, 0.3) is 0 Å². The van der Waals surface area contributed by atoms with Crippen LogP contribution in [0.15, 0.2) is 187 Å². The van der Waals surface area contributed by atoms with Crippen LogP contribution in [0.25, 0.3) is 88.7 Å². The molecule has 3 heteroatoms. The van der Waals surface area contributed by atoms with Crippen molar-refractivity contribution in [3.8, 4) is 22.5 Å². The van der Waals surface area contributed by atoms with Crippen molar-refractivity contribution in [1.82, 2.24) is 9.13 Å². The van der Waals surface area contributed by atoms with Gasteiger partial charge in [0.1, 0.15) is 11.3 Å². The van der Waals surface area contributed by atoms with Crippen LogP contribution in [-0.2, 0) is 0 Å². The zero-order valence-electron chi connectivity index (χ0n) is 27.8. The zero-order valence-corrected chi connectivity index (χ0v) is 27.8. The smallest absolute Gasteiger partial charge is 0.134 e. The van der Waals surface area contributed by atoms with E-state index in [1.54, 1.807) is 0 Å². The van der Waals surface area contributed by atoms with Gasteiger partial charge in [-0.15, -0.1) is 0 Å². The van der Waals surface area contributed by atoms with Crippen molar-refractivity contribution < 1.29 is 4.42 Å². The molecule has 0 aliphatic rings. The minimum absolute atomic E-state index is 0.817. The van der Waals surface area contributed by atoms with Crippen molar-refractivity contribution in [1.29, 1.82) is 0 Å². The quantitative estimate of drug-likeness (QED) is 0.164. The maximum absolute atomic E-state index is 5.96. The number of furan rings is 1. The van der Waals surface area contributed by atoms with Crippen LogP contribution >= 0.6 is 0 Å². The van der Waals surface area contributed by atoms with Crippen LogP contribution in [-0.4, -0.2) is 9.13 Å². The average Bonchev–Trinajstić information content (AvgIpc) is 3.87. The lowest BCUT2D eigenvalue weighted by molar-refractivity contribution is 0.604. The number of allylic oxidation sites excluding steroid dienone is 2. The Morgan fingerprint density at radius 1 is 0.471 bits per heavy atom. The predicted molar refractivity (Wildman–Crippen MR) is 215 cm³/mol. The molecule has 0 saturated heterocycles. The summed E-state index contributed by atoms with van der Waals surface area (Å²) in [5.41, 5.74) is 12.4. The third-order valence-corrected chi connectivity index (χ3v) is 10.1. The summed E-state index contributed by atoms with van der Waals surface area (Å²) in [5.74, 6) is 0.817. The third-order valence-electron chi connectivity index (χ3n) is 10.1. The maximum Gasteiger partial charge on any atom is 0.134 e. The second kappa shape index (κ2) is 11.6. The molecule has 51 heavy (non-hydrogen) atoms. The molecule has 0 atom stereocenters. The normalized spacial score (nSPS) is 11.9. The van der Waals surface area contributed by atoms with Crippen LogP contribution in [0.4, 0.5) is 0 Å². The average molecular weight is 653 g/mol. The molecule has 10 rings (SSSR count). The summed E-state index contributed by atoms with van der Waals surface area (Å²) >= 11 is 0. The minimum Gasteiger partial charge on any atom is -0.457 e. The fourth-order valence-electron chi connectivity index (χ4n) is 7.63. The van der Waals surface area contributed by atoms with E-state index in [9.17, 15) is 0 Å². The summed E-state index contributed by atoms with van der Waals surface area (Å²) in [7, 11) is 0. The Bertz CT molecular complexity index is 2940. The van der Waals surface area contributed by atoms with Gasteiger partial charge in [-0.1, -0.05) is 110 Å². The summed E-state index contributed by atoms with van der Waals surface area (Å²) in [6, 6.07) is 60.6. The lowest BCUT2D eigenvalue weighted by atomic mass is 10.0. The van der Waals surface area contributed by atoms with Crippen molar-refractivity contribution in [2.75, 3.05) is 0 Å². The highest BCUT2D eigenvalue weighted by molar-refractivity contribution is 6.12. The van der Waals surface area contributed by atoms with E-state index in [0.29, 0.717) is 0 Å². The molecule has 0 aliphatic heterocycles. The Morgan fingerprint density at radius 2 is 1.00 bits per heavy atom. The van der Waals surface area contributed by atoms with Crippen LogP contribution in [0, 0.1) is 0 Å². The van der Waals surface area contributed by atoms with Gasteiger partial charge in [0, 0.05) is 38.3 Å². The van der Waals surface area contributed by atoms with Gasteiger partial charge < -0.3 is 13.6 Å². The second-order valence-electron chi connectivity index (χ2n) is 13.1. The first kappa shape index (κ1) is 29.1. The molecule has 7 aromatic carbocycles. The van der Waals surface area contributed by atoms with E-state index in [1.165, 1.54) is 60.4 Å². The number of rotatable bonds is 6. The fraction of sp³-hybridized carbons (Fsp3) is 0. The monoisotopic (exact) mass is 652 g/mol. The van der Waals surface area contributed by atoms with E-state index >= 15 is 0 Å². The van der Waals surface area contributed by atoms with Crippen molar-refractivity contribution in [3.63, 3.8) is 0 Å². The fourth-order valence-corrected chi connectivity index (χ4v) is 7.63. The van der Waals surface area contributed by atoms with Crippen LogP contribution in [0.5, 0.6) is 0 Å². The number of aromatic nitrogens is 2. The number of fused-ring (bicyclic) bond motifs is 7. The van der Waals surface area contributed by atoms with Gasteiger partial charge in [0.2, 0.25) is 0 Å². The Kier molecular flexibility index (Phi) is 6.65. The van der Waals surface area contributed by atoms with Crippen LogP contribution in [0.3, 0.4) is 0 Å². The highest BCUT2D eigenvalue weighted by Gasteiger charge is 2.16. The molecular weight excluding hydrogens is 621 g/mol. The molecule has 3 nitrogen and oxygen atoms in total. The highest BCUT2D eigenvalue weighted by Crippen LogP contribution is 2.38. The molecule has 0 saturated carbocycles. The van der Waals surface area contributed by atoms with Crippen LogP contribution in [0.2, 0.25) is 0 Å². The molecule has 0 amide bonds. The highest BCUT2D eigenvalue weighted by atomic mass is 16.3. The number of benzene rings is 7.